The van der Waals surface area contributed by atoms with E-state index >= 15 is 0 Å². The Labute approximate surface area is 276 Å². The van der Waals surface area contributed by atoms with Crippen LogP contribution >= 0.6 is 0 Å². The van der Waals surface area contributed by atoms with E-state index in [4.69, 9.17) is 22.3 Å². The van der Waals surface area contributed by atoms with Gasteiger partial charge in [0.15, 0.2) is 11.9 Å². The van der Waals surface area contributed by atoms with Crippen molar-refractivity contribution >= 4 is 41.5 Å². The number of hydrogen-bond donors (Lipinski definition) is 10. The third kappa shape index (κ3) is 14.3. The number of amides is 2. The minimum atomic E-state index is -1.20. The molecule has 2 atom stereocenters. The monoisotopic (exact) mass is 675 g/mol. The smallest absolute Gasteiger partial charge is 0.326 e. The standard InChI is InChI=1S/C28H45N13O7/c1-2-18(42)13-39(14-21-33-9-11-40(21)16-23(43)37-19(25(45)46)5-3-7-35-27(29)30)15-22-34-10-12-41(22)17-24(44)38-20(26(47)48)6-4-8-36-28(31)32/h9-12,19-20H,2-8,13-17H2,1H3,(H,37,43)(H,38,44)(H,45,46)(H,47,48)(H4,29,30,35)(H4,31,32,36)/t19-,20-/m1/s1. The highest BCUT2D eigenvalue weighted by Crippen LogP contribution is 2.10. The van der Waals surface area contributed by atoms with Gasteiger partial charge in [-0.25, -0.2) is 19.6 Å². The minimum absolute atomic E-state index is 0.0133. The van der Waals surface area contributed by atoms with Gasteiger partial charge in [0.1, 0.15) is 42.6 Å². The Morgan fingerprint density at radius 1 is 0.812 bits per heavy atom. The maximum atomic E-state index is 12.8. The number of rotatable bonds is 23. The summed E-state index contributed by atoms with van der Waals surface area (Å²) in [5, 5.41) is 43.5. The average molecular weight is 676 g/mol. The molecule has 20 nitrogen and oxygen atoms in total. The van der Waals surface area contributed by atoms with Gasteiger partial charge >= 0.3 is 11.9 Å². The second-order valence-electron chi connectivity index (χ2n) is 10.9. The molecule has 2 aromatic rings. The molecule has 0 aliphatic carbocycles. The maximum absolute atomic E-state index is 12.8. The van der Waals surface area contributed by atoms with Crippen LogP contribution in [0.5, 0.6) is 0 Å². The Hall–Kier alpha value is -5.53. The minimum Gasteiger partial charge on any atom is -0.480 e. The zero-order valence-corrected chi connectivity index (χ0v) is 26.8. The second-order valence-corrected chi connectivity index (χ2v) is 10.9. The maximum Gasteiger partial charge on any atom is 0.326 e. The summed E-state index contributed by atoms with van der Waals surface area (Å²) in [4.78, 5) is 71.8. The van der Waals surface area contributed by atoms with E-state index in [-0.39, 0.29) is 82.8 Å². The molecule has 48 heavy (non-hydrogen) atoms. The summed E-state index contributed by atoms with van der Waals surface area (Å²) in [5.74, 6) is -3.23. The third-order valence-electron chi connectivity index (χ3n) is 6.99. The molecule has 2 heterocycles. The lowest BCUT2D eigenvalue weighted by atomic mass is 10.1. The molecular weight excluding hydrogens is 630 g/mol. The highest BCUT2D eigenvalue weighted by atomic mass is 16.4. The number of nitrogens with zero attached hydrogens (tertiary/aromatic N) is 5. The fourth-order valence-electron chi connectivity index (χ4n) is 4.56. The van der Waals surface area contributed by atoms with Gasteiger partial charge in [0, 0.05) is 44.3 Å². The average Bonchev–Trinajstić information content (AvgIpc) is 3.63. The Kier molecular flexibility index (Phi) is 16.0. The zero-order chi connectivity index (χ0) is 35.6. The van der Waals surface area contributed by atoms with Gasteiger partial charge in [0.2, 0.25) is 11.8 Å². The van der Waals surface area contributed by atoms with Crippen LogP contribution < -0.4 is 32.7 Å². The highest BCUT2D eigenvalue weighted by molar-refractivity contribution is 5.84. The van der Waals surface area contributed by atoms with Gasteiger partial charge in [-0.15, -0.1) is 0 Å². The van der Waals surface area contributed by atoms with Crippen LogP contribution in [0.25, 0.3) is 0 Å². The van der Waals surface area contributed by atoms with Gasteiger partial charge in [0.05, 0.1) is 19.6 Å². The number of carboxylic acid groups (broad SMARTS) is 2. The van der Waals surface area contributed by atoms with Crippen molar-refractivity contribution < 1.29 is 34.2 Å². The van der Waals surface area contributed by atoms with E-state index in [9.17, 15) is 34.2 Å². The first-order chi connectivity index (χ1) is 22.8. The van der Waals surface area contributed by atoms with Gasteiger partial charge in [0.25, 0.3) is 0 Å². The van der Waals surface area contributed by atoms with Crippen LogP contribution in [0, 0.1) is 10.8 Å². The van der Waals surface area contributed by atoms with Gasteiger partial charge in [-0.1, -0.05) is 6.92 Å². The summed E-state index contributed by atoms with van der Waals surface area (Å²) in [6.07, 6.45) is 7.27. The molecule has 0 aliphatic heterocycles. The number of imidazole rings is 2. The Morgan fingerprint density at radius 2 is 1.23 bits per heavy atom. The van der Waals surface area contributed by atoms with Crippen molar-refractivity contribution in [3.05, 3.63) is 36.4 Å². The molecule has 2 rings (SSSR count). The van der Waals surface area contributed by atoms with E-state index in [0.29, 0.717) is 24.5 Å². The van der Waals surface area contributed by atoms with Crippen LogP contribution in [-0.2, 0) is 50.2 Å². The molecule has 0 unspecified atom stereocenters. The topological polar surface area (TPSA) is 313 Å². The fraction of sp³-hybridized carbons (Fsp3) is 0.536. The first-order valence-corrected chi connectivity index (χ1v) is 15.2. The van der Waals surface area contributed by atoms with E-state index in [0.717, 1.165) is 0 Å². The molecule has 0 aromatic carbocycles. The second kappa shape index (κ2) is 19.9. The zero-order valence-electron chi connectivity index (χ0n) is 26.8. The summed E-state index contributed by atoms with van der Waals surface area (Å²) in [7, 11) is 0. The number of nitrogens with one attached hydrogen (secondary N) is 6. The van der Waals surface area contributed by atoms with Gasteiger partial charge in [-0.3, -0.25) is 30.1 Å². The van der Waals surface area contributed by atoms with Crippen LogP contribution in [-0.4, -0.2) is 107 Å². The number of hydrogen-bond acceptors (Lipinski definition) is 10. The first kappa shape index (κ1) is 38.7. The Bertz CT molecular complexity index is 1330. The summed E-state index contributed by atoms with van der Waals surface area (Å²) in [6.45, 7) is 2.05. The predicted molar refractivity (Wildman–Crippen MR) is 171 cm³/mol. The highest BCUT2D eigenvalue weighted by Gasteiger charge is 2.23. The SMILES string of the molecule is CCC(=O)CN(Cc1nccn1CC(=O)N[C@H](CCCNC(=N)N)C(=O)O)Cc1nccn1CC(=O)N[C@H](CCCNC(=N)N)C(=O)O. The molecule has 0 spiro atoms. The third-order valence-corrected chi connectivity index (χ3v) is 6.99. The lowest BCUT2D eigenvalue weighted by molar-refractivity contribution is -0.142. The lowest BCUT2D eigenvalue weighted by Crippen LogP contribution is -2.43. The summed E-state index contributed by atoms with van der Waals surface area (Å²) in [5.41, 5.74) is 10.5. The van der Waals surface area contributed by atoms with Crippen molar-refractivity contribution in [1.82, 2.24) is 45.3 Å². The number of guanidine groups is 2. The van der Waals surface area contributed by atoms with Crippen molar-refractivity contribution in [3.63, 3.8) is 0 Å². The largest absolute Gasteiger partial charge is 0.480 e. The number of carboxylic acids is 2. The molecular formula is C28H45N13O7. The van der Waals surface area contributed by atoms with Crippen LogP contribution in [0.2, 0.25) is 0 Å². The van der Waals surface area contributed by atoms with E-state index < -0.39 is 35.8 Å². The summed E-state index contributed by atoms with van der Waals surface area (Å²) < 4.78 is 3.07. The number of Topliss-reactive ketones (excluding diaryl/α,β-unsaturated/α-hetero) is 1. The molecule has 0 aliphatic rings. The normalized spacial score (nSPS) is 12.1. The van der Waals surface area contributed by atoms with Crippen molar-refractivity contribution in [2.24, 2.45) is 11.5 Å². The molecule has 2 aromatic heterocycles. The number of aromatic nitrogens is 4. The van der Waals surface area contributed by atoms with Crippen LogP contribution in [0.1, 0.15) is 50.7 Å². The van der Waals surface area contributed by atoms with E-state index in [2.05, 4.69) is 31.2 Å². The van der Waals surface area contributed by atoms with Crippen molar-refractivity contribution in [2.75, 3.05) is 19.6 Å². The van der Waals surface area contributed by atoms with E-state index in [1.165, 1.54) is 21.5 Å². The van der Waals surface area contributed by atoms with Crippen LogP contribution in [0.3, 0.4) is 0 Å². The van der Waals surface area contributed by atoms with E-state index in [1.54, 1.807) is 24.2 Å². The van der Waals surface area contributed by atoms with Gasteiger partial charge < -0.3 is 52.1 Å². The van der Waals surface area contributed by atoms with Crippen molar-refractivity contribution in [2.45, 2.75) is 77.3 Å². The molecule has 0 saturated heterocycles. The van der Waals surface area contributed by atoms with Crippen molar-refractivity contribution in [3.8, 4) is 0 Å². The van der Waals surface area contributed by atoms with E-state index in [1.807, 2.05) is 0 Å². The molecule has 0 saturated carbocycles. The molecule has 0 radical (unpaired) electrons. The van der Waals surface area contributed by atoms with Crippen LogP contribution in [0.4, 0.5) is 0 Å². The first-order valence-electron chi connectivity index (χ1n) is 15.2. The lowest BCUT2D eigenvalue weighted by Gasteiger charge is -2.22. The number of carbonyl (C=O) groups excluding carboxylic acids is 3. The van der Waals surface area contributed by atoms with Gasteiger partial charge in [-0.05, 0) is 25.7 Å². The Balaban J connectivity index is 2.07. The number of ketones is 1. The molecule has 20 heteroatoms. The summed E-state index contributed by atoms with van der Waals surface area (Å²) in [6, 6.07) is -2.30. The van der Waals surface area contributed by atoms with Crippen molar-refractivity contribution in [1.29, 1.82) is 10.8 Å². The summed E-state index contributed by atoms with van der Waals surface area (Å²) >= 11 is 0. The number of nitrogens with two attached hydrogens (primary N) is 2. The quantitative estimate of drug-likeness (QED) is 0.0337. The molecule has 0 bridgehead atoms. The number of carbonyl (C=O) groups is 5. The Morgan fingerprint density at radius 3 is 1.58 bits per heavy atom. The molecule has 2 amide bonds. The fourth-order valence-corrected chi connectivity index (χ4v) is 4.56. The number of aliphatic carboxylic acids is 2. The van der Waals surface area contributed by atoms with Gasteiger partial charge in [-0.2, -0.15) is 0 Å². The predicted octanol–water partition coefficient (Wildman–Crippen LogP) is -2.27. The molecule has 264 valence electrons. The molecule has 12 N–H and O–H groups in total. The molecule has 0 fully saturated rings. The van der Waals surface area contributed by atoms with Crippen LogP contribution in [0.15, 0.2) is 24.8 Å².